The molecule has 3 nitrogen and oxygen atoms in total. The minimum absolute atomic E-state index is 0.0198. The van der Waals surface area contributed by atoms with Crippen LogP contribution in [0, 0.1) is 0 Å². The zero-order valence-corrected chi connectivity index (χ0v) is 7.41. The summed E-state index contributed by atoms with van der Waals surface area (Å²) in [6.07, 6.45) is 4.61. The van der Waals surface area contributed by atoms with Crippen LogP contribution in [-0.2, 0) is 9.53 Å². The number of allylic oxidation sites excluding steroid dienone is 2. The van der Waals surface area contributed by atoms with Crippen molar-refractivity contribution in [3.63, 3.8) is 0 Å². The fourth-order valence-corrected chi connectivity index (χ4v) is 0.657. The van der Waals surface area contributed by atoms with Crippen LogP contribution in [-0.4, -0.2) is 24.3 Å². The van der Waals surface area contributed by atoms with Crippen LogP contribution in [0.5, 0.6) is 0 Å². The monoisotopic (exact) mass is 170 g/mol. The molecule has 0 rings (SSSR count). The predicted octanol–water partition coefficient (Wildman–Crippen LogP) is 1.04. The Morgan fingerprint density at radius 1 is 1.58 bits per heavy atom. The molecule has 0 unspecified atom stereocenters. The van der Waals surface area contributed by atoms with Crippen molar-refractivity contribution in [2.75, 3.05) is 13.2 Å². The quantitative estimate of drug-likeness (QED) is 0.389. The highest BCUT2D eigenvalue weighted by Gasteiger charge is 1.94. The van der Waals surface area contributed by atoms with Crippen molar-refractivity contribution in [3.8, 4) is 0 Å². The molecule has 0 aromatic carbocycles. The molecule has 0 saturated carbocycles. The minimum Gasteiger partial charge on any atom is -0.463 e. The number of aliphatic hydroxyl groups is 1. The minimum atomic E-state index is -0.349. The summed E-state index contributed by atoms with van der Waals surface area (Å²) in [5.41, 5.74) is 0.766. The van der Waals surface area contributed by atoms with Gasteiger partial charge in [-0.2, -0.15) is 0 Å². The van der Waals surface area contributed by atoms with Gasteiger partial charge >= 0.3 is 5.97 Å². The molecule has 0 heterocycles. The van der Waals surface area contributed by atoms with E-state index in [1.54, 1.807) is 26.0 Å². The topological polar surface area (TPSA) is 46.5 Å². The lowest BCUT2D eigenvalue weighted by Crippen LogP contribution is -1.99. The van der Waals surface area contributed by atoms with E-state index in [2.05, 4.69) is 4.74 Å². The fourth-order valence-electron chi connectivity index (χ4n) is 0.657. The largest absolute Gasteiger partial charge is 0.463 e. The van der Waals surface area contributed by atoms with Gasteiger partial charge in [0.05, 0.1) is 13.2 Å². The summed E-state index contributed by atoms with van der Waals surface area (Å²) in [7, 11) is 0. The summed E-state index contributed by atoms with van der Waals surface area (Å²) < 4.78 is 4.68. The van der Waals surface area contributed by atoms with Crippen LogP contribution in [0.25, 0.3) is 0 Å². The Hall–Kier alpha value is -1.09. The van der Waals surface area contributed by atoms with Crippen LogP contribution in [0.2, 0.25) is 0 Å². The van der Waals surface area contributed by atoms with Crippen LogP contribution < -0.4 is 0 Å². The maximum Gasteiger partial charge on any atom is 0.330 e. The second-order valence-electron chi connectivity index (χ2n) is 2.23. The van der Waals surface area contributed by atoms with E-state index in [-0.39, 0.29) is 12.6 Å². The van der Waals surface area contributed by atoms with Gasteiger partial charge in [0.25, 0.3) is 0 Å². The van der Waals surface area contributed by atoms with Crippen LogP contribution in [0.15, 0.2) is 23.8 Å². The van der Waals surface area contributed by atoms with Gasteiger partial charge in [-0.1, -0.05) is 12.2 Å². The van der Waals surface area contributed by atoms with Crippen LogP contribution in [0.4, 0.5) is 0 Å². The van der Waals surface area contributed by atoms with Crippen LogP contribution >= 0.6 is 0 Å². The van der Waals surface area contributed by atoms with Crippen molar-refractivity contribution in [2.45, 2.75) is 13.8 Å². The second kappa shape index (κ2) is 6.61. The predicted molar refractivity (Wildman–Crippen MR) is 46.6 cm³/mol. The molecule has 0 aliphatic heterocycles. The lowest BCUT2D eigenvalue weighted by Gasteiger charge is -1.95. The van der Waals surface area contributed by atoms with Gasteiger partial charge in [0.2, 0.25) is 0 Å². The molecule has 0 atom stereocenters. The molecule has 0 amide bonds. The van der Waals surface area contributed by atoms with E-state index in [1.165, 1.54) is 6.08 Å². The first kappa shape index (κ1) is 10.9. The Morgan fingerprint density at radius 3 is 2.75 bits per heavy atom. The third-order valence-corrected chi connectivity index (χ3v) is 1.12. The van der Waals surface area contributed by atoms with Crippen molar-refractivity contribution in [1.29, 1.82) is 0 Å². The number of aliphatic hydroxyl groups excluding tert-OH is 1. The summed E-state index contributed by atoms with van der Waals surface area (Å²) in [4.78, 5) is 10.8. The maximum absolute atomic E-state index is 10.8. The summed E-state index contributed by atoms with van der Waals surface area (Å²) in [5, 5.41) is 8.42. The number of rotatable bonds is 4. The van der Waals surface area contributed by atoms with E-state index in [0.29, 0.717) is 6.61 Å². The molecule has 0 aliphatic carbocycles. The lowest BCUT2D eigenvalue weighted by atomic mass is 10.2. The van der Waals surface area contributed by atoms with E-state index in [1.807, 2.05) is 0 Å². The molecule has 0 spiro atoms. The first-order valence-electron chi connectivity index (χ1n) is 3.83. The number of carbonyl (C=O) groups is 1. The number of esters is 1. The van der Waals surface area contributed by atoms with Crippen LogP contribution in [0.1, 0.15) is 13.8 Å². The molecule has 0 aromatic rings. The first-order valence-corrected chi connectivity index (χ1v) is 3.83. The average Bonchev–Trinajstić information content (AvgIpc) is 2.01. The highest BCUT2D eigenvalue weighted by atomic mass is 16.5. The van der Waals surface area contributed by atoms with Gasteiger partial charge in [-0.15, -0.1) is 0 Å². The molecule has 3 heteroatoms. The Kier molecular flexibility index (Phi) is 6.01. The Morgan fingerprint density at radius 2 is 2.25 bits per heavy atom. The number of hydrogen-bond acceptors (Lipinski definition) is 3. The van der Waals surface area contributed by atoms with Crippen molar-refractivity contribution < 1.29 is 14.6 Å². The summed E-state index contributed by atoms with van der Waals surface area (Å²) >= 11 is 0. The molecule has 68 valence electrons. The number of ether oxygens (including phenoxy) is 1. The molecule has 12 heavy (non-hydrogen) atoms. The highest BCUT2D eigenvalue weighted by molar-refractivity contribution is 5.83. The Bertz CT molecular complexity index is 192. The summed E-state index contributed by atoms with van der Waals surface area (Å²) in [6, 6.07) is 0. The molecular weight excluding hydrogens is 156 g/mol. The Balaban J connectivity index is 3.97. The van der Waals surface area contributed by atoms with E-state index in [0.717, 1.165) is 5.57 Å². The van der Waals surface area contributed by atoms with Gasteiger partial charge in [0.1, 0.15) is 0 Å². The Labute approximate surface area is 72.3 Å². The van der Waals surface area contributed by atoms with Crippen molar-refractivity contribution >= 4 is 5.97 Å². The van der Waals surface area contributed by atoms with Crippen LogP contribution in [0.3, 0.4) is 0 Å². The zero-order chi connectivity index (χ0) is 9.40. The van der Waals surface area contributed by atoms with Crippen molar-refractivity contribution in [3.05, 3.63) is 23.8 Å². The highest BCUT2D eigenvalue weighted by Crippen LogP contribution is 1.95. The smallest absolute Gasteiger partial charge is 0.330 e. The van der Waals surface area contributed by atoms with E-state index in [4.69, 9.17) is 5.11 Å². The van der Waals surface area contributed by atoms with Gasteiger partial charge in [-0.05, 0) is 19.4 Å². The zero-order valence-electron chi connectivity index (χ0n) is 7.41. The molecule has 0 aromatic heterocycles. The first-order chi connectivity index (χ1) is 5.70. The SMILES string of the molecule is CCOC(=O)C=C(C)C=CCO. The van der Waals surface area contributed by atoms with Crippen molar-refractivity contribution in [2.24, 2.45) is 0 Å². The molecule has 0 aliphatic rings. The lowest BCUT2D eigenvalue weighted by molar-refractivity contribution is -0.137. The summed E-state index contributed by atoms with van der Waals surface area (Å²) in [6.45, 7) is 3.88. The van der Waals surface area contributed by atoms with Gasteiger partial charge in [0.15, 0.2) is 0 Å². The maximum atomic E-state index is 10.8. The molecule has 0 fully saturated rings. The fraction of sp³-hybridized carbons (Fsp3) is 0.444. The van der Waals surface area contributed by atoms with Gasteiger partial charge < -0.3 is 9.84 Å². The van der Waals surface area contributed by atoms with E-state index < -0.39 is 0 Å². The molecule has 0 radical (unpaired) electrons. The standard InChI is InChI=1S/C9H14O3/c1-3-12-9(11)7-8(2)5-4-6-10/h4-5,7,10H,3,6H2,1-2H3. The van der Waals surface area contributed by atoms with Gasteiger partial charge in [0, 0.05) is 6.08 Å². The normalized spacial score (nSPS) is 12.1. The van der Waals surface area contributed by atoms with E-state index >= 15 is 0 Å². The second-order valence-corrected chi connectivity index (χ2v) is 2.23. The molecule has 0 saturated heterocycles. The third kappa shape index (κ3) is 5.68. The van der Waals surface area contributed by atoms with Gasteiger partial charge in [-0.25, -0.2) is 4.79 Å². The summed E-state index contributed by atoms with van der Waals surface area (Å²) in [5.74, 6) is -0.349. The molecular formula is C9H14O3. The van der Waals surface area contributed by atoms with Gasteiger partial charge in [-0.3, -0.25) is 0 Å². The number of hydrogen-bond donors (Lipinski definition) is 1. The van der Waals surface area contributed by atoms with Crippen molar-refractivity contribution in [1.82, 2.24) is 0 Å². The number of carbonyl (C=O) groups excluding carboxylic acids is 1. The molecule has 1 N–H and O–H groups in total. The molecule has 0 bridgehead atoms. The average molecular weight is 170 g/mol. The third-order valence-electron chi connectivity index (χ3n) is 1.12. The van der Waals surface area contributed by atoms with E-state index in [9.17, 15) is 4.79 Å².